The van der Waals surface area contributed by atoms with Crippen molar-refractivity contribution in [2.45, 2.75) is 85.3 Å². The minimum atomic E-state index is -2.54. The molecule has 4 heteroatoms. The van der Waals surface area contributed by atoms with Gasteiger partial charge in [0, 0.05) is 47.5 Å². The van der Waals surface area contributed by atoms with Crippen molar-refractivity contribution in [1.82, 2.24) is 9.97 Å². The first-order valence-corrected chi connectivity index (χ1v) is 17.7. The van der Waals surface area contributed by atoms with Crippen LogP contribution in [0.3, 0.4) is 0 Å². The second kappa shape index (κ2) is 15.3. The van der Waals surface area contributed by atoms with E-state index >= 15 is 0 Å². The Morgan fingerprint density at radius 3 is 2.25 bits per heavy atom. The standard InChI is InChI=1S/C33H32NO.C15H16N.Ir/c1-21-18-24(23-14-16-33(3,4)17-15-23)12-13-25(21)29-19-30(34-20-22(29)2)28-10-7-9-27-26-8-5-6-11-31(26)35-32(27)28;1-15(2,3)13-9-10-14(16-11-13)12-7-5-4-6-8-12;/h5-9,11-13,18-20,23H,14-17H2,1-4H3;4-7,9-11H,1-3H3;/q2*-1;/i1D3,2D3,23D;;. The Labute approximate surface area is 333 Å². The van der Waals surface area contributed by atoms with Gasteiger partial charge in [-0.05, 0) is 107 Å². The molecule has 0 atom stereocenters. The van der Waals surface area contributed by atoms with Crippen LogP contribution in [-0.2, 0) is 25.5 Å². The van der Waals surface area contributed by atoms with Gasteiger partial charge in [0.15, 0.2) is 0 Å². The number of aromatic nitrogens is 2. The molecule has 3 nitrogen and oxygen atoms in total. The Morgan fingerprint density at radius 1 is 0.769 bits per heavy atom. The van der Waals surface area contributed by atoms with Crippen molar-refractivity contribution in [3.8, 4) is 33.6 Å². The first-order chi connectivity index (χ1) is 27.2. The third-order valence-corrected chi connectivity index (χ3v) is 10.0. The van der Waals surface area contributed by atoms with Gasteiger partial charge in [0.2, 0.25) is 0 Å². The molecule has 0 saturated heterocycles. The molecule has 4 aromatic carbocycles. The molecule has 1 radical (unpaired) electrons. The number of nitrogens with zero attached hydrogens (tertiary/aromatic N) is 2. The van der Waals surface area contributed by atoms with Crippen LogP contribution < -0.4 is 0 Å². The number of hydrogen-bond acceptors (Lipinski definition) is 3. The average Bonchev–Trinajstić information content (AvgIpc) is 3.57. The minimum Gasteiger partial charge on any atom is -0.501 e. The molecule has 3 heterocycles. The molecule has 0 bridgehead atoms. The van der Waals surface area contributed by atoms with Gasteiger partial charge in [-0.25, -0.2) is 0 Å². The van der Waals surface area contributed by atoms with Gasteiger partial charge < -0.3 is 14.4 Å². The van der Waals surface area contributed by atoms with Crippen molar-refractivity contribution in [1.29, 1.82) is 0 Å². The number of aryl methyl sites for hydroxylation is 2. The van der Waals surface area contributed by atoms with E-state index in [1.807, 2.05) is 60.8 Å². The maximum Gasteiger partial charge on any atom is 0.120 e. The van der Waals surface area contributed by atoms with Crippen LogP contribution in [0.25, 0.3) is 55.6 Å². The van der Waals surface area contributed by atoms with E-state index in [-0.39, 0.29) is 47.6 Å². The third-order valence-electron chi connectivity index (χ3n) is 10.0. The molecule has 8 rings (SSSR count). The summed E-state index contributed by atoms with van der Waals surface area (Å²) in [7, 11) is 0. The summed E-state index contributed by atoms with van der Waals surface area (Å²) in [6.45, 7) is 5.91. The fourth-order valence-electron chi connectivity index (χ4n) is 6.76. The molecule has 3 aromatic heterocycles. The first kappa shape index (κ1) is 29.1. The largest absolute Gasteiger partial charge is 0.501 e. The smallest absolute Gasteiger partial charge is 0.120 e. The number of para-hydroxylation sites is 1. The second-order valence-electron chi connectivity index (χ2n) is 15.3. The van der Waals surface area contributed by atoms with Gasteiger partial charge in [-0.1, -0.05) is 100 Å². The van der Waals surface area contributed by atoms with E-state index in [9.17, 15) is 1.37 Å². The van der Waals surface area contributed by atoms with Crippen molar-refractivity contribution < 1.29 is 34.1 Å². The van der Waals surface area contributed by atoms with E-state index in [2.05, 4.69) is 68.9 Å². The van der Waals surface area contributed by atoms with Gasteiger partial charge in [0.25, 0.3) is 0 Å². The molecule has 0 amide bonds. The van der Waals surface area contributed by atoms with Crippen LogP contribution in [0.1, 0.15) is 98.0 Å². The molecule has 0 aliphatic heterocycles. The summed E-state index contributed by atoms with van der Waals surface area (Å²) in [6, 6.07) is 36.6. The maximum atomic E-state index is 9.23. The minimum absolute atomic E-state index is 0. The molecular weight excluding hydrogens is 813 g/mol. The number of hydrogen-bond donors (Lipinski definition) is 0. The molecule has 52 heavy (non-hydrogen) atoms. The SMILES string of the molecule is CC(C)(C)c1ccc(-c2[c-]cccc2)nc1.[2H]C([2H])([2H])c1cnc(-c2[c-]ccc3c2oc2ccccc23)cc1-c1ccc(C2([2H])CCC(C)(C)CC2)cc1C([2H])([2H])[2H].[Ir]. The van der Waals surface area contributed by atoms with Gasteiger partial charge >= 0.3 is 0 Å². The normalized spacial score (nSPS) is 17.5. The summed E-state index contributed by atoms with van der Waals surface area (Å²) in [5.74, 6) is -0.893. The molecule has 267 valence electrons. The van der Waals surface area contributed by atoms with Crippen LogP contribution in [0, 0.1) is 31.3 Å². The Balaban J connectivity index is 0.000000289. The van der Waals surface area contributed by atoms with Crippen LogP contribution in [0.2, 0.25) is 0 Å². The van der Waals surface area contributed by atoms with Crippen molar-refractivity contribution >= 4 is 21.9 Å². The van der Waals surface area contributed by atoms with Crippen LogP contribution in [-0.4, -0.2) is 9.97 Å². The van der Waals surface area contributed by atoms with Crippen molar-refractivity contribution in [2.24, 2.45) is 5.41 Å². The fraction of sp³-hybridized carbons (Fsp3) is 0.292. The van der Waals surface area contributed by atoms with Crippen LogP contribution in [0.15, 0.2) is 114 Å². The van der Waals surface area contributed by atoms with E-state index in [4.69, 9.17) is 12.6 Å². The van der Waals surface area contributed by atoms with Crippen molar-refractivity contribution in [2.75, 3.05) is 0 Å². The van der Waals surface area contributed by atoms with Gasteiger partial charge in [0.1, 0.15) is 5.58 Å². The molecule has 1 saturated carbocycles. The van der Waals surface area contributed by atoms with Gasteiger partial charge in [-0.2, -0.15) is 0 Å². The van der Waals surface area contributed by atoms with E-state index in [1.165, 1.54) is 11.8 Å². The van der Waals surface area contributed by atoms with E-state index < -0.39 is 19.6 Å². The molecule has 1 fully saturated rings. The van der Waals surface area contributed by atoms with Gasteiger partial charge in [0.05, 0.1) is 5.58 Å². The van der Waals surface area contributed by atoms with Crippen LogP contribution >= 0.6 is 0 Å². The number of pyridine rings is 2. The predicted molar refractivity (Wildman–Crippen MR) is 213 cm³/mol. The summed E-state index contributed by atoms with van der Waals surface area (Å²) < 4.78 is 65.3. The molecule has 1 aliphatic carbocycles. The van der Waals surface area contributed by atoms with Crippen LogP contribution in [0.4, 0.5) is 0 Å². The molecule has 1 aliphatic rings. The third kappa shape index (κ3) is 7.99. The van der Waals surface area contributed by atoms with Crippen molar-refractivity contribution in [3.05, 3.63) is 144 Å². The Kier molecular flexibility index (Phi) is 8.58. The second-order valence-corrected chi connectivity index (χ2v) is 15.3. The molecule has 7 aromatic rings. The summed E-state index contributed by atoms with van der Waals surface area (Å²) in [6.07, 6.45) is 6.29. The van der Waals surface area contributed by atoms with E-state index in [0.717, 1.165) is 34.9 Å². The first-order valence-electron chi connectivity index (χ1n) is 21.2. The quantitative estimate of drug-likeness (QED) is 0.165. The summed E-state index contributed by atoms with van der Waals surface area (Å²) in [4.78, 5) is 8.99. The fourth-order valence-corrected chi connectivity index (χ4v) is 6.76. The van der Waals surface area contributed by atoms with Crippen LogP contribution in [0.5, 0.6) is 0 Å². The Hall–Kier alpha value is -4.37. The average molecular weight is 868 g/mol. The van der Waals surface area contributed by atoms with E-state index in [0.29, 0.717) is 46.4 Å². The summed E-state index contributed by atoms with van der Waals surface area (Å²) >= 11 is 0. The zero-order valence-electron chi connectivity index (χ0n) is 37.4. The number of rotatable bonds is 4. The van der Waals surface area contributed by atoms with Gasteiger partial charge in [-0.15, -0.1) is 54.1 Å². The van der Waals surface area contributed by atoms with Gasteiger partial charge in [-0.3, -0.25) is 0 Å². The summed E-state index contributed by atoms with van der Waals surface area (Å²) in [5.41, 5.74) is 7.06. The number of fused-ring (bicyclic) bond motifs is 3. The topological polar surface area (TPSA) is 38.9 Å². The Morgan fingerprint density at radius 2 is 1.54 bits per heavy atom. The maximum absolute atomic E-state index is 9.23. The molecule has 0 N–H and O–H groups in total. The molecular formula is C48H48IrN2O-2. The van der Waals surface area contributed by atoms with E-state index in [1.54, 1.807) is 30.3 Å². The Bertz CT molecular complexity index is 2560. The molecule has 0 spiro atoms. The number of benzene rings is 4. The summed E-state index contributed by atoms with van der Waals surface area (Å²) in [5, 5.41) is 1.82. The van der Waals surface area contributed by atoms with Crippen molar-refractivity contribution in [3.63, 3.8) is 0 Å². The predicted octanol–water partition coefficient (Wildman–Crippen LogP) is 13.3. The number of furan rings is 1. The monoisotopic (exact) mass is 868 g/mol. The zero-order valence-corrected chi connectivity index (χ0v) is 32.8. The molecule has 0 unspecified atom stereocenters. The zero-order chi connectivity index (χ0) is 41.7.